The first-order chi connectivity index (χ1) is 10.4. The van der Waals surface area contributed by atoms with Crippen LogP contribution in [0.1, 0.15) is 12.0 Å². The molecular weight excluding hydrogens is 292 g/mol. The van der Waals surface area contributed by atoms with Gasteiger partial charge in [0, 0.05) is 58.0 Å². The Kier molecular flexibility index (Phi) is 4.14. The molecule has 3 heterocycles. The van der Waals surface area contributed by atoms with Crippen LogP contribution in [-0.2, 0) is 18.4 Å². The van der Waals surface area contributed by atoms with Gasteiger partial charge in [-0.1, -0.05) is 0 Å². The fourth-order valence-electron chi connectivity index (χ4n) is 3.05. The molecule has 0 aliphatic carbocycles. The van der Waals surface area contributed by atoms with Gasteiger partial charge >= 0.3 is 0 Å². The number of rotatable bonds is 3. The highest BCUT2D eigenvalue weighted by Crippen LogP contribution is 2.26. The maximum absolute atomic E-state index is 13.2. The van der Waals surface area contributed by atoms with Gasteiger partial charge in [-0.25, -0.2) is 8.78 Å². The van der Waals surface area contributed by atoms with Gasteiger partial charge in [-0.3, -0.25) is 19.7 Å². The molecule has 1 amide bonds. The second-order valence-electron chi connectivity index (χ2n) is 6.12. The van der Waals surface area contributed by atoms with Crippen molar-refractivity contribution in [3.8, 4) is 0 Å². The molecule has 6 nitrogen and oxygen atoms in total. The number of hydrogen-bond donors (Lipinski definition) is 1. The van der Waals surface area contributed by atoms with E-state index in [1.54, 1.807) is 9.58 Å². The predicted molar refractivity (Wildman–Crippen MR) is 76.4 cm³/mol. The number of aryl methyl sites for hydroxylation is 1. The van der Waals surface area contributed by atoms with E-state index in [9.17, 15) is 13.6 Å². The number of halogens is 2. The van der Waals surface area contributed by atoms with Crippen molar-refractivity contribution in [1.82, 2.24) is 24.9 Å². The average molecular weight is 313 g/mol. The van der Waals surface area contributed by atoms with Crippen LogP contribution in [0.25, 0.3) is 0 Å². The average Bonchev–Trinajstić information content (AvgIpc) is 3.04. The van der Waals surface area contributed by atoms with Crippen molar-refractivity contribution in [2.24, 2.45) is 7.05 Å². The van der Waals surface area contributed by atoms with E-state index in [1.807, 2.05) is 19.4 Å². The summed E-state index contributed by atoms with van der Waals surface area (Å²) in [5.74, 6) is -2.96. The third-order valence-electron chi connectivity index (χ3n) is 4.26. The quantitative estimate of drug-likeness (QED) is 0.857. The molecule has 1 aromatic heterocycles. The van der Waals surface area contributed by atoms with Gasteiger partial charge in [-0.05, 0) is 0 Å². The Morgan fingerprint density at radius 1 is 1.41 bits per heavy atom. The van der Waals surface area contributed by atoms with E-state index in [1.165, 1.54) is 0 Å². The molecule has 2 saturated heterocycles. The van der Waals surface area contributed by atoms with Gasteiger partial charge in [0.25, 0.3) is 5.92 Å². The van der Waals surface area contributed by atoms with Crippen molar-refractivity contribution in [2.45, 2.75) is 24.9 Å². The normalized spacial score (nSPS) is 25.6. The molecule has 0 bridgehead atoms. The number of nitrogens with one attached hydrogen (secondary N) is 1. The minimum absolute atomic E-state index is 0.196. The summed E-state index contributed by atoms with van der Waals surface area (Å²) in [7, 11) is 1.88. The standard InChI is InChI=1S/C14H21F2N5O/c1-19-8-11(7-18-19)9-20-2-4-21(5-3-20)13(22)12-6-14(15,16)10-17-12/h7-8,12,17H,2-6,9-10H2,1H3. The van der Waals surface area contributed by atoms with E-state index >= 15 is 0 Å². The number of nitrogens with zero attached hydrogens (tertiary/aromatic N) is 4. The maximum Gasteiger partial charge on any atom is 0.262 e. The van der Waals surface area contributed by atoms with Crippen LogP contribution >= 0.6 is 0 Å². The van der Waals surface area contributed by atoms with Crippen molar-refractivity contribution >= 4 is 5.91 Å². The molecule has 8 heteroatoms. The second kappa shape index (κ2) is 5.92. The number of amides is 1. The Bertz CT molecular complexity index is 539. The minimum Gasteiger partial charge on any atom is -0.339 e. The highest BCUT2D eigenvalue weighted by Gasteiger charge is 2.43. The zero-order chi connectivity index (χ0) is 15.7. The van der Waals surface area contributed by atoms with Gasteiger partial charge in [0.2, 0.25) is 5.91 Å². The Balaban J connectivity index is 1.48. The summed E-state index contributed by atoms with van der Waals surface area (Å²) in [6.45, 7) is 3.08. The van der Waals surface area contributed by atoms with Gasteiger partial charge in [-0.15, -0.1) is 0 Å². The molecular formula is C14H21F2N5O. The Morgan fingerprint density at radius 2 is 2.14 bits per heavy atom. The lowest BCUT2D eigenvalue weighted by Crippen LogP contribution is -2.52. The van der Waals surface area contributed by atoms with E-state index in [0.717, 1.165) is 25.2 Å². The molecule has 1 atom stereocenters. The molecule has 2 fully saturated rings. The summed E-state index contributed by atoms with van der Waals surface area (Å²) in [6, 6.07) is -0.736. The number of hydrogen-bond acceptors (Lipinski definition) is 4. The monoisotopic (exact) mass is 313 g/mol. The molecule has 2 aliphatic heterocycles. The molecule has 0 spiro atoms. The molecule has 22 heavy (non-hydrogen) atoms. The minimum atomic E-state index is -2.76. The number of aromatic nitrogens is 2. The number of alkyl halides is 2. The fourth-order valence-corrected chi connectivity index (χ4v) is 3.05. The van der Waals surface area contributed by atoms with E-state index in [0.29, 0.717) is 13.1 Å². The highest BCUT2D eigenvalue weighted by atomic mass is 19.3. The van der Waals surface area contributed by atoms with E-state index < -0.39 is 18.5 Å². The number of carbonyl (C=O) groups excluding carboxylic acids is 1. The van der Waals surface area contributed by atoms with E-state index in [4.69, 9.17) is 0 Å². The SMILES string of the molecule is Cn1cc(CN2CCN(C(=O)C3CC(F)(F)CN3)CC2)cn1. The molecule has 3 rings (SSSR count). The zero-order valence-corrected chi connectivity index (χ0v) is 12.6. The summed E-state index contributed by atoms with van der Waals surface area (Å²) in [6.07, 6.45) is 3.42. The third-order valence-corrected chi connectivity index (χ3v) is 4.26. The van der Waals surface area contributed by atoms with Crippen LogP contribution in [0.5, 0.6) is 0 Å². The van der Waals surface area contributed by atoms with E-state index in [2.05, 4.69) is 15.3 Å². The van der Waals surface area contributed by atoms with Gasteiger partial charge in [0.15, 0.2) is 0 Å². The summed E-state index contributed by atoms with van der Waals surface area (Å²) < 4.78 is 28.1. The molecule has 2 aliphatic rings. The molecule has 1 N–H and O–H groups in total. The van der Waals surface area contributed by atoms with E-state index in [-0.39, 0.29) is 12.3 Å². The maximum atomic E-state index is 13.2. The van der Waals surface area contributed by atoms with Crippen LogP contribution in [0.4, 0.5) is 8.78 Å². The van der Waals surface area contributed by atoms with Crippen LogP contribution < -0.4 is 5.32 Å². The third kappa shape index (κ3) is 3.44. The highest BCUT2D eigenvalue weighted by molar-refractivity contribution is 5.82. The smallest absolute Gasteiger partial charge is 0.262 e. The van der Waals surface area contributed by atoms with Crippen molar-refractivity contribution in [3.05, 3.63) is 18.0 Å². The van der Waals surface area contributed by atoms with Crippen LogP contribution in [0.15, 0.2) is 12.4 Å². The van der Waals surface area contributed by atoms with Gasteiger partial charge in [0.1, 0.15) is 0 Å². The summed E-state index contributed by atoms with van der Waals surface area (Å²) in [4.78, 5) is 16.2. The van der Waals surface area contributed by atoms with Gasteiger partial charge < -0.3 is 4.90 Å². The van der Waals surface area contributed by atoms with Crippen molar-refractivity contribution < 1.29 is 13.6 Å². The predicted octanol–water partition coefficient (Wildman–Crippen LogP) is 0.0615. The topological polar surface area (TPSA) is 53.4 Å². The fraction of sp³-hybridized carbons (Fsp3) is 0.714. The number of piperazine rings is 1. The Hall–Kier alpha value is -1.54. The molecule has 0 saturated carbocycles. The molecule has 0 aromatic carbocycles. The second-order valence-corrected chi connectivity index (χ2v) is 6.12. The van der Waals surface area contributed by atoms with Crippen LogP contribution in [-0.4, -0.2) is 70.2 Å². The first kappa shape index (κ1) is 15.4. The van der Waals surface area contributed by atoms with Crippen LogP contribution in [0.3, 0.4) is 0 Å². The van der Waals surface area contributed by atoms with Crippen molar-refractivity contribution in [3.63, 3.8) is 0 Å². The molecule has 1 unspecified atom stereocenters. The molecule has 122 valence electrons. The summed E-state index contributed by atoms with van der Waals surface area (Å²) in [5, 5.41) is 6.77. The summed E-state index contributed by atoms with van der Waals surface area (Å²) in [5.41, 5.74) is 1.14. The number of carbonyl (C=O) groups is 1. The lowest BCUT2D eigenvalue weighted by atomic mass is 10.1. The van der Waals surface area contributed by atoms with Crippen molar-refractivity contribution in [2.75, 3.05) is 32.7 Å². The first-order valence-corrected chi connectivity index (χ1v) is 7.53. The Labute approximate surface area is 128 Å². The lowest BCUT2D eigenvalue weighted by molar-refractivity contribution is -0.135. The van der Waals surface area contributed by atoms with Gasteiger partial charge in [0.05, 0.1) is 18.8 Å². The first-order valence-electron chi connectivity index (χ1n) is 7.53. The molecule has 0 radical (unpaired) electrons. The van der Waals surface area contributed by atoms with Gasteiger partial charge in [-0.2, -0.15) is 5.10 Å². The lowest BCUT2D eigenvalue weighted by Gasteiger charge is -2.35. The van der Waals surface area contributed by atoms with Crippen LogP contribution in [0.2, 0.25) is 0 Å². The van der Waals surface area contributed by atoms with Crippen molar-refractivity contribution in [1.29, 1.82) is 0 Å². The Morgan fingerprint density at radius 3 is 2.68 bits per heavy atom. The largest absolute Gasteiger partial charge is 0.339 e. The van der Waals surface area contributed by atoms with Crippen LogP contribution in [0, 0.1) is 0 Å². The summed E-state index contributed by atoms with van der Waals surface area (Å²) >= 11 is 0. The zero-order valence-electron chi connectivity index (χ0n) is 12.6. The molecule has 1 aromatic rings.